The summed E-state index contributed by atoms with van der Waals surface area (Å²) < 4.78 is 2.16. The number of carbonyl (C=O) groups excluding carboxylic acids is 2. The van der Waals surface area contributed by atoms with E-state index in [0.717, 1.165) is 44.8 Å². The lowest BCUT2D eigenvalue weighted by atomic mass is 10.0. The largest absolute Gasteiger partial charge is 0.326 e. The maximum absolute atomic E-state index is 12.2. The smallest absolute Gasteiger partial charge is 0.221 e. The molecule has 1 amide bonds. The first-order chi connectivity index (χ1) is 14.1. The zero-order chi connectivity index (χ0) is 20.0. The molecular formula is C24H19N3O2. The number of nitrogens with one attached hydrogen (secondary N) is 1. The second-order valence-corrected chi connectivity index (χ2v) is 7.27. The molecule has 0 saturated heterocycles. The molecule has 1 aliphatic heterocycles. The molecule has 0 unspecified atom stereocenters. The lowest BCUT2D eigenvalue weighted by Gasteiger charge is -2.16. The van der Waals surface area contributed by atoms with Crippen LogP contribution in [0.25, 0.3) is 33.5 Å². The van der Waals surface area contributed by atoms with Gasteiger partial charge in [0.25, 0.3) is 0 Å². The van der Waals surface area contributed by atoms with Crippen LogP contribution in [0.1, 0.15) is 23.7 Å². The lowest BCUT2D eigenvalue weighted by molar-refractivity contribution is -0.114. The van der Waals surface area contributed by atoms with Gasteiger partial charge in [-0.25, -0.2) is 4.98 Å². The third kappa shape index (κ3) is 3.01. The van der Waals surface area contributed by atoms with Gasteiger partial charge in [0.15, 0.2) is 5.78 Å². The van der Waals surface area contributed by atoms with Crippen molar-refractivity contribution in [2.24, 2.45) is 0 Å². The van der Waals surface area contributed by atoms with Crippen LogP contribution in [0, 0.1) is 0 Å². The first kappa shape index (κ1) is 17.4. The van der Waals surface area contributed by atoms with Crippen molar-refractivity contribution < 1.29 is 9.59 Å². The van der Waals surface area contributed by atoms with Crippen molar-refractivity contribution in [3.05, 3.63) is 72.3 Å². The number of rotatable bonds is 3. The predicted octanol–water partition coefficient (Wildman–Crippen LogP) is 4.92. The Kier molecular flexibility index (Phi) is 4.02. The molecule has 29 heavy (non-hydrogen) atoms. The van der Waals surface area contributed by atoms with Crippen LogP contribution in [-0.2, 0) is 11.3 Å². The average Bonchev–Trinajstić information content (AvgIpc) is 3.11. The van der Waals surface area contributed by atoms with Gasteiger partial charge in [0.1, 0.15) is 5.82 Å². The van der Waals surface area contributed by atoms with E-state index >= 15 is 0 Å². The normalized spacial score (nSPS) is 12.9. The summed E-state index contributed by atoms with van der Waals surface area (Å²) in [6.07, 6.45) is 0.508. The summed E-state index contributed by atoms with van der Waals surface area (Å²) in [5, 5.41) is 2.78. The highest BCUT2D eigenvalue weighted by Crippen LogP contribution is 2.32. The first-order valence-corrected chi connectivity index (χ1v) is 9.61. The Morgan fingerprint density at radius 3 is 2.28 bits per heavy atom. The second-order valence-electron chi connectivity index (χ2n) is 7.27. The van der Waals surface area contributed by atoms with Gasteiger partial charge in [-0.15, -0.1) is 0 Å². The van der Waals surface area contributed by atoms with Crippen LogP contribution in [0.15, 0.2) is 66.7 Å². The zero-order valence-electron chi connectivity index (χ0n) is 16.0. The molecule has 0 bridgehead atoms. The number of nitrogens with zero attached hydrogens (tertiary/aromatic N) is 2. The van der Waals surface area contributed by atoms with Gasteiger partial charge in [-0.1, -0.05) is 42.5 Å². The predicted molar refractivity (Wildman–Crippen MR) is 114 cm³/mol. The van der Waals surface area contributed by atoms with Crippen molar-refractivity contribution in [2.75, 3.05) is 5.32 Å². The Labute approximate surface area is 168 Å². The average molecular weight is 381 g/mol. The third-order valence-electron chi connectivity index (χ3n) is 5.31. The van der Waals surface area contributed by atoms with Gasteiger partial charge >= 0.3 is 0 Å². The monoisotopic (exact) mass is 381 g/mol. The minimum atomic E-state index is -0.0805. The van der Waals surface area contributed by atoms with Gasteiger partial charge in [-0.05, 0) is 35.4 Å². The fraction of sp³-hybridized carbons (Fsp3) is 0.125. The number of benzene rings is 3. The third-order valence-corrected chi connectivity index (χ3v) is 5.31. The second kappa shape index (κ2) is 6.71. The fourth-order valence-electron chi connectivity index (χ4n) is 3.96. The van der Waals surface area contributed by atoms with Crippen molar-refractivity contribution in [1.82, 2.24) is 9.55 Å². The summed E-state index contributed by atoms with van der Waals surface area (Å²) in [6, 6.07) is 21.8. The molecule has 0 spiro atoms. The van der Waals surface area contributed by atoms with Gasteiger partial charge in [0.05, 0.1) is 11.0 Å². The summed E-state index contributed by atoms with van der Waals surface area (Å²) in [7, 11) is 0. The van der Waals surface area contributed by atoms with Crippen LogP contribution in [0.2, 0.25) is 0 Å². The maximum atomic E-state index is 12.2. The molecule has 0 aliphatic carbocycles. The molecule has 142 valence electrons. The number of anilines is 1. The molecule has 0 fully saturated rings. The summed E-state index contributed by atoms with van der Waals surface area (Å²) in [5.74, 6) is 1.00. The Morgan fingerprint density at radius 1 is 0.931 bits per heavy atom. The van der Waals surface area contributed by atoms with Crippen LogP contribution >= 0.6 is 0 Å². The molecule has 0 radical (unpaired) electrons. The highest BCUT2D eigenvalue weighted by Gasteiger charge is 2.23. The van der Waals surface area contributed by atoms with E-state index in [2.05, 4.69) is 34.1 Å². The van der Waals surface area contributed by atoms with Gasteiger partial charge < -0.3 is 9.88 Å². The van der Waals surface area contributed by atoms with Crippen LogP contribution in [0.3, 0.4) is 0 Å². The topological polar surface area (TPSA) is 64.0 Å². The minimum Gasteiger partial charge on any atom is -0.326 e. The van der Waals surface area contributed by atoms with E-state index in [1.807, 2.05) is 42.5 Å². The number of ketones is 1. The maximum Gasteiger partial charge on any atom is 0.221 e. The number of imidazole rings is 1. The quantitative estimate of drug-likeness (QED) is 0.548. The van der Waals surface area contributed by atoms with E-state index in [9.17, 15) is 9.59 Å². The van der Waals surface area contributed by atoms with E-state index in [0.29, 0.717) is 13.0 Å². The van der Waals surface area contributed by atoms with Crippen LogP contribution in [0.5, 0.6) is 0 Å². The molecule has 1 aliphatic rings. The number of hydrogen-bond donors (Lipinski definition) is 1. The molecule has 2 heterocycles. The molecule has 4 aromatic rings. The van der Waals surface area contributed by atoms with Crippen molar-refractivity contribution in [3.63, 3.8) is 0 Å². The lowest BCUT2D eigenvalue weighted by Crippen LogP contribution is -2.14. The standard InChI is InChI=1S/C24H19N3O2/c1-15(28)25-19-11-9-17(10-12-19)16-5-7-18(8-6-16)24-26-21-4-2-3-20-22(29)13-14-27(24)23(20)21/h2-12H,13-14H2,1H3,(H,25,28). The summed E-state index contributed by atoms with van der Waals surface area (Å²) >= 11 is 0. The van der Waals surface area contributed by atoms with Gasteiger partial charge in [-0.3, -0.25) is 9.59 Å². The van der Waals surface area contributed by atoms with E-state index in [1.54, 1.807) is 0 Å². The van der Waals surface area contributed by atoms with Crippen molar-refractivity contribution >= 4 is 28.4 Å². The first-order valence-electron chi connectivity index (χ1n) is 9.61. The van der Waals surface area contributed by atoms with Crippen molar-refractivity contribution in [2.45, 2.75) is 19.9 Å². The van der Waals surface area contributed by atoms with Gasteiger partial charge in [0.2, 0.25) is 5.91 Å². The summed E-state index contributed by atoms with van der Waals surface area (Å²) in [6.45, 7) is 2.16. The molecule has 1 aromatic heterocycles. The molecule has 5 nitrogen and oxygen atoms in total. The highest BCUT2D eigenvalue weighted by atomic mass is 16.1. The number of Topliss-reactive ketones (excluding diaryl/α,β-unsaturated/α-hetero) is 1. The molecule has 5 rings (SSSR count). The fourth-order valence-corrected chi connectivity index (χ4v) is 3.96. The SMILES string of the molecule is CC(=O)Nc1ccc(-c2ccc(-c3nc4cccc5c4n3CCC5=O)cc2)cc1. The Morgan fingerprint density at radius 2 is 1.59 bits per heavy atom. The number of para-hydroxylation sites is 1. The Bertz CT molecular complexity index is 1250. The molecule has 0 saturated carbocycles. The van der Waals surface area contributed by atoms with Gasteiger partial charge in [-0.2, -0.15) is 0 Å². The van der Waals surface area contributed by atoms with Crippen molar-refractivity contribution in [1.29, 1.82) is 0 Å². The molecular weight excluding hydrogens is 362 g/mol. The van der Waals surface area contributed by atoms with Crippen molar-refractivity contribution in [3.8, 4) is 22.5 Å². The van der Waals surface area contributed by atoms with Gasteiger partial charge in [0, 0.05) is 36.7 Å². The Balaban J connectivity index is 1.50. The number of amides is 1. The van der Waals surface area contributed by atoms with E-state index in [4.69, 9.17) is 4.98 Å². The van der Waals surface area contributed by atoms with E-state index in [-0.39, 0.29) is 11.7 Å². The highest BCUT2D eigenvalue weighted by molar-refractivity contribution is 6.08. The summed E-state index contributed by atoms with van der Waals surface area (Å²) in [5.41, 5.74) is 6.55. The summed E-state index contributed by atoms with van der Waals surface area (Å²) in [4.78, 5) is 28.2. The molecule has 1 N–H and O–H groups in total. The zero-order valence-corrected chi connectivity index (χ0v) is 16.0. The van der Waals surface area contributed by atoms with Crippen LogP contribution in [0.4, 0.5) is 5.69 Å². The van der Waals surface area contributed by atoms with E-state index in [1.165, 1.54) is 6.92 Å². The van der Waals surface area contributed by atoms with E-state index < -0.39 is 0 Å². The molecule has 5 heteroatoms. The van der Waals surface area contributed by atoms with Crippen LogP contribution in [-0.4, -0.2) is 21.2 Å². The number of carbonyl (C=O) groups is 2. The Hall–Kier alpha value is -3.73. The number of hydrogen-bond acceptors (Lipinski definition) is 3. The molecule has 3 aromatic carbocycles. The minimum absolute atomic E-state index is 0.0805. The molecule has 0 atom stereocenters. The number of aromatic nitrogens is 2. The van der Waals surface area contributed by atoms with Crippen LogP contribution < -0.4 is 5.32 Å². The number of aryl methyl sites for hydroxylation is 1.